The van der Waals surface area contributed by atoms with Crippen LogP contribution in [0.5, 0.6) is 0 Å². The van der Waals surface area contributed by atoms with Gasteiger partial charge in [0.15, 0.2) is 5.96 Å². The highest BCUT2D eigenvalue weighted by Gasteiger charge is 2.26. The number of aryl methyl sites for hydroxylation is 2. The van der Waals surface area contributed by atoms with Gasteiger partial charge in [-0.3, -0.25) is 9.89 Å². The molecular formula is C23H32N4O2. The van der Waals surface area contributed by atoms with Gasteiger partial charge in [0.05, 0.1) is 19.3 Å². The largest absolute Gasteiger partial charge is 0.465 e. The van der Waals surface area contributed by atoms with Gasteiger partial charge in [-0.1, -0.05) is 24.3 Å². The first-order valence-corrected chi connectivity index (χ1v) is 10.6. The normalized spacial score (nSPS) is 21.4. The van der Waals surface area contributed by atoms with Gasteiger partial charge in [-0.2, -0.15) is 0 Å². The van der Waals surface area contributed by atoms with E-state index in [-0.39, 0.29) is 6.04 Å². The molecule has 4 rings (SSSR count). The van der Waals surface area contributed by atoms with Crippen LogP contribution >= 0.6 is 0 Å². The lowest BCUT2D eigenvalue weighted by Gasteiger charge is -2.34. The lowest BCUT2D eigenvalue weighted by Crippen LogP contribution is -2.49. The number of fused-ring (bicyclic) bond motifs is 1. The minimum atomic E-state index is 0.165. The van der Waals surface area contributed by atoms with Gasteiger partial charge in [0.2, 0.25) is 0 Å². The number of hydrogen-bond acceptors (Lipinski definition) is 4. The summed E-state index contributed by atoms with van der Waals surface area (Å²) in [6.45, 7) is 6.11. The van der Waals surface area contributed by atoms with Gasteiger partial charge in [-0.25, -0.2) is 0 Å². The molecule has 6 heteroatoms. The van der Waals surface area contributed by atoms with E-state index < -0.39 is 0 Å². The molecule has 0 amide bonds. The van der Waals surface area contributed by atoms with E-state index in [0.717, 1.165) is 69.6 Å². The van der Waals surface area contributed by atoms with Gasteiger partial charge in [0.25, 0.3) is 0 Å². The molecule has 0 radical (unpaired) electrons. The quantitative estimate of drug-likeness (QED) is 0.601. The third-order valence-corrected chi connectivity index (χ3v) is 5.95. The van der Waals surface area contributed by atoms with Crippen molar-refractivity contribution in [3.63, 3.8) is 0 Å². The van der Waals surface area contributed by atoms with Crippen molar-refractivity contribution >= 4 is 5.96 Å². The summed E-state index contributed by atoms with van der Waals surface area (Å²) in [7, 11) is 1.84. The molecule has 2 heterocycles. The minimum absolute atomic E-state index is 0.165. The second-order valence-electron chi connectivity index (χ2n) is 7.92. The molecule has 156 valence electrons. The number of hydrogen-bond donors (Lipinski definition) is 2. The molecule has 2 unspecified atom stereocenters. The fourth-order valence-electron chi connectivity index (χ4n) is 4.33. The highest BCUT2D eigenvalue weighted by molar-refractivity contribution is 5.80. The minimum Gasteiger partial charge on any atom is -0.465 e. The van der Waals surface area contributed by atoms with E-state index in [1.165, 1.54) is 11.1 Å². The Hall–Kier alpha value is -2.31. The van der Waals surface area contributed by atoms with Gasteiger partial charge in [-0.05, 0) is 49.4 Å². The molecule has 1 aliphatic carbocycles. The number of morpholine rings is 1. The number of benzene rings is 1. The number of nitrogens with one attached hydrogen (secondary N) is 2. The zero-order valence-corrected chi connectivity index (χ0v) is 17.5. The van der Waals surface area contributed by atoms with Crippen LogP contribution in [0.1, 0.15) is 35.1 Å². The molecule has 1 aromatic heterocycles. The SMILES string of the molecule is CN=C(NCC(c1ccc(C)o1)N1CCOCC1)NC1CCc2ccccc2C1. The maximum absolute atomic E-state index is 5.97. The summed E-state index contributed by atoms with van der Waals surface area (Å²) in [5.41, 5.74) is 2.93. The van der Waals surface area contributed by atoms with Crippen molar-refractivity contribution in [1.82, 2.24) is 15.5 Å². The molecule has 1 fully saturated rings. The van der Waals surface area contributed by atoms with Crippen molar-refractivity contribution < 1.29 is 9.15 Å². The number of rotatable bonds is 5. The van der Waals surface area contributed by atoms with Crippen LogP contribution in [0.4, 0.5) is 0 Å². The molecule has 0 saturated carbocycles. The van der Waals surface area contributed by atoms with Crippen LogP contribution in [0, 0.1) is 6.92 Å². The second-order valence-corrected chi connectivity index (χ2v) is 7.92. The Kier molecular flexibility index (Phi) is 6.52. The van der Waals surface area contributed by atoms with E-state index >= 15 is 0 Å². The third kappa shape index (κ3) is 5.00. The summed E-state index contributed by atoms with van der Waals surface area (Å²) in [4.78, 5) is 6.90. The maximum atomic E-state index is 5.97. The first-order chi connectivity index (χ1) is 14.2. The molecule has 2 atom stereocenters. The second kappa shape index (κ2) is 9.46. The molecule has 6 nitrogen and oxygen atoms in total. The first kappa shape index (κ1) is 20.0. The maximum Gasteiger partial charge on any atom is 0.191 e. The van der Waals surface area contributed by atoms with Crippen LogP contribution in [0.25, 0.3) is 0 Å². The molecule has 0 spiro atoms. The Bertz CT molecular complexity index is 826. The van der Waals surface area contributed by atoms with Crippen molar-refractivity contribution in [3.05, 3.63) is 59.0 Å². The topological polar surface area (TPSA) is 62.0 Å². The zero-order valence-electron chi connectivity index (χ0n) is 17.5. The number of nitrogens with zero attached hydrogens (tertiary/aromatic N) is 2. The summed E-state index contributed by atoms with van der Waals surface area (Å²) in [6, 6.07) is 13.5. The van der Waals surface area contributed by atoms with Crippen molar-refractivity contribution in [2.75, 3.05) is 39.9 Å². The van der Waals surface area contributed by atoms with Gasteiger partial charge in [0.1, 0.15) is 11.5 Å². The van der Waals surface area contributed by atoms with Gasteiger partial charge < -0.3 is 19.8 Å². The number of ether oxygens (including phenoxy) is 1. The summed E-state index contributed by atoms with van der Waals surface area (Å²) in [5.74, 6) is 2.80. The molecule has 2 aliphatic rings. The van der Waals surface area contributed by atoms with Crippen molar-refractivity contribution in [3.8, 4) is 0 Å². The molecular weight excluding hydrogens is 364 g/mol. The Morgan fingerprint density at radius 1 is 1.17 bits per heavy atom. The van der Waals surface area contributed by atoms with E-state index in [9.17, 15) is 0 Å². The Morgan fingerprint density at radius 3 is 2.69 bits per heavy atom. The van der Waals surface area contributed by atoms with Gasteiger partial charge in [-0.15, -0.1) is 0 Å². The van der Waals surface area contributed by atoms with E-state index in [2.05, 4.69) is 50.9 Å². The monoisotopic (exact) mass is 396 g/mol. The van der Waals surface area contributed by atoms with Crippen LogP contribution in [0.2, 0.25) is 0 Å². The molecule has 1 aliphatic heterocycles. The summed E-state index contributed by atoms with van der Waals surface area (Å²) < 4.78 is 11.5. The van der Waals surface area contributed by atoms with Crippen molar-refractivity contribution in [2.24, 2.45) is 4.99 Å². The van der Waals surface area contributed by atoms with E-state index in [1.807, 2.05) is 20.0 Å². The predicted molar refractivity (Wildman–Crippen MR) is 115 cm³/mol. The molecule has 0 bridgehead atoms. The van der Waals surface area contributed by atoms with Crippen LogP contribution in [-0.4, -0.2) is 56.8 Å². The number of aliphatic imine (C=N–C) groups is 1. The molecule has 2 N–H and O–H groups in total. The predicted octanol–water partition coefficient (Wildman–Crippen LogP) is 2.68. The first-order valence-electron chi connectivity index (χ1n) is 10.6. The fraction of sp³-hybridized carbons (Fsp3) is 0.522. The number of guanidine groups is 1. The van der Waals surface area contributed by atoms with Crippen molar-refractivity contribution in [1.29, 1.82) is 0 Å². The highest BCUT2D eigenvalue weighted by Crippen LogP contribution is 2.24. The van der Waals surface area contributed by atoms with E-state index in [4.69, 9.17) is 9.15 Å². The molecule has 1 saturated heterocycles. The third-order valence-electron chi connectivity index (χ3n) is 5.95. The Morgan fingerprint density at radius 2 is 1.97 bits per heavy atom. The van der Waals surface area contributed by atoms with E-state index in [0.29, 0.717) is 6.04 Å². The van der Waals surface area contributed by atoms with Crippen LogP contribution in [-0.2, 0) is 17.6 Å². The van der Waals surface area contributed by atoms with E-state index in [1.54, 1.807) is 0 Å². The Labute approximate surface area is 173 Å². The smallest absolute Gasteiger partial charge is 0.191 e. The lowest BCUT2D eigenvalue weighted by atomic mass is 9.88. The molecule has 2 aromatic rings. The number of furan rings is 1. The van der Waals surface area contributed by atoms with Crippen LogP contribution in [0.15, 0.2) is 45.8 Å². The van der Waals surface area contributed by atoms with Crippen molar-refractivity contribution in [2.45, 2.75) is 38.3 Å². The summed E-state index contributed by atoms with van der Waals surface area (Å²) in [6.07, 6.45) is 3.29. The highest BCUT2D eigenvalue weighted by atomic mass is 16.5. The summed E-state index contributed by atoms with van der Waals surface area (Å²) >= 11 is 0. The average Bonchev–Trinajstić information content (AvgIpc) is 3.19. The fourth-order valence-corrected chi connectivity index (χ4v) is 4.33. The average molecular weight is 397 g/mol. The van der Waals surface area contributed by atoms with Gasteiger partial charge >= 0.3 is 0 Å². The standard InChI is InChI=1S/C23H32N4O2/c1-17-7-10-22(29-17)21(27-11-13-28-14-12-27)16-25-23(24-2)26-20-9-8-18-5-3-4-6-19(18)15-20/h3-7,10,20-21H,8-9,11-16H2,1-2H3,(H2,24,25,26). The molecule has 1 aromatic carbocycles. The molecule has 29 heavy (non-hydrogen) atoms. The van der Waals surface area contributed by atoms with Crippen LogP contribution in [0.3, 0.4) is 0 Å². The Balaban J connectivity index is 1.38. The zero-order chi connectivity index (χ0) is 20.1. The lowest BCUT2D eigenvalue weighted by molar-refractivity contribution is 0.0124. The van der Waals surface area contributed by atoms with Crippen LogP contribution < -0.4 is 10.6 Å². The summed E-state index contributed by atoms with van der Waals surface area (Å²) in [5, 5.41) is 7.17. The van der Waals surface area contributed by atoms with Gasteiger partial charge in [0, 0.05) is 32.7 Å².